The molecule has 200 valence electrons. The second-order valence-electron chi connectivity index (χ2n) is 9.45. The number of hydrogen-bond donors (Lipinski definition) is 0. The minimum atomic E-state index is -0.0446. The lowest BCUT2D eigenvalue weighted by atomic mass is 10.1. The monoisotopic (exact) mass is 519 g/mol. The summed E-state index contributed by atoms with van der Waals surface area (Å²) in [6, 6.07) is 7.57. The lowest BCUT2D eigenvalue weighted by Gasteiger charge is -2.35. The normalized spacial score (nSPS) is 16.3. The van der Waals surface area contributed by atoms with Crippen molar-refractivity contribution in [1.29, 1.82) is 0 Å². The van der Waals surface area contributed by atoms with Crippen LogP contribution in [0.3, 0.4) is 0 Å². The Balaban J connectivity index is 1.17. The van der Waals surface area contributed by atoms with Gasteiger partial charge < -0.3 is 28.5 Å². The SMILES string of the molecule is COc1cc(/C=C\C(=O)N2CCN(c3ccc(-c4noc(C5CCCC5)n4)cn3)CC2)cc(OC)c1OC. The number of benzene rings is 1. The molecule has 2 aliphatic rings. The quantitative estimate of drug-likeness (QED) is 0.406. The molecule has 5 rings (SSSR count). The van der Waals surface area contributed by atoms with Crippen LogP contribution in [0, 0.1) is 0 Å². The van der Waals surface area contributed by atoms with Gasteiger partial charge in [-0.15, -0.1) is 0 Å². The van der Waals surface area contributed by atoms with Crippen LogP contribution in [0.1, 0.15) is 43.1 Å². The van der Waals surface area contributed by atoms with E-state index in [0.717, 1.165) is 35.7 Å². The maximum absolute atomic E-state index is 12.8. The highest BCUT2D eigenvalue weighted by Crippen LogP contribution is 2.38. The second-order valence-corrected chi connectivity index (χ2v) is 9.45. The Kier molecular flexibility index (Phi) is 7.76. The molecular weight excluding hydrogens is 486 g/mol. The van der Waals surface area contributed by atoms with Crippen molar-refractivity contribution in [3.05, 3.63) is 48.0 Å². The molecule has 1 amide bonds. The molecule has 1 saturated carbocycles. The summed E-state index contributed by atoms with van der Waals surface area (Å²) in [7, 11) is 4.69. The van der Waals surface area contributed by atoms with Gasteiger partial charge in [-0.3, -0.25) is 4.79 Å². The Morgan fingerprint density at radius 2 is 1.71 bits per heavy atom. The van der Waals surface area contributed by atoms with Crippen molar-refractivity contribution in [2.24, 2.45) is 0 Å². The maximum Gasteiger partial charge on any atom is 0.246 e. The van der Waals surface area contributed by atoms with Gasteiger partial charge in [-0.2, -0.15) is 4.98 Å². The summed E-state index contributed by atoms with van der Waals surface area (Å²) in [5.41, 5.74) is 1.63. The number of ether oxygens (including phenoxy) is 3. The van der Waals surface area contributed by atoms with Crippen molar-refractivity contribution >= 4 is 17.8 Å². The van der Waals surface area contributed by atoms with E-state index in [4.69, 9.17) is 18.7 Å². The van der Waals surface area contributed by atoms with Gasteiger partial charge in [0.2, 0.25) is 23.4 Å². The molecule has 0 atom stereocenters. The van der Waals surface area contributed by atoms with Gasteiger partial charge in [-0.1, -0.05) is 18.0 Å². The maximum atomic E-state index is 12.8. The van der Waals surface area contributed by atoms with Crippen LogP contribution in [0.25, 0.3) is 17.5 Å². The van der Waals surface area contributed by atoms with Crippen molar-refractivity contribution in [1.82, 2.24) is 20.0 Å². The number of piperazine rings is 1. The Hall–Kier alpha value is -4.08. The smallest absolute Gasteiger partial charge is 0.246 e. The third kappa shape index (κ3) is 5.44. The Labute approximate surface area is 222 Å². The molecule has 38 heavy (non-hydrogen) atoms. The highest BCUT2D eigenvalue weighted by molar-refractivity contribution is 5.92. The predicted molar refractivity (Wildman–Crippen MR) is 143 cm³/mol. The number of hydrogen-bond acceptors (Lipinski definition) is 9. The fraction of sp³-hybridized carbons (Fsp3) is 0.429. The third-order valence-electron chi connectivity index (χ3n) is 7.17. The van der Waals surface area contributed by atoms with E-state index in [2.05, 4.69) is 20.0 Å². The van der Waals surface area contributed by atoms with Crippen LogP contribution in [-0.4, -0.2) is 73.4 Å². The van der Waals surface area contributed by atoms with Crippen LogP contribution in [0.15, 0.2) is 41.1 Å². The molecule has 3 heterocycles. The number of pyridine rings is 1. The lowest BCUT2D eigenvalue weighted by Crippen LogP contribution is -2.48. The van der Waals surface area contributed by atoms with Crippen LogP contribution in [0.4, 0.5) is 5.82 Å². The van der Waals surface area contributed by atoms with Gasteiger partial charge in [-0.25, -0.2) is 4.98 Å². The van der Waals surface area contributed by atoms with Crippen molar-refractivity contribution in [2.45, 2.75) is 31.6 Å². The fourth-order valence-electron chi connectivity index (χ4n) is 5.02. The first-order valence-corrected chi connectivity index (χ1v) is 12.9. The molecule has 0 bridgehead atoms. The largest absolute Gasteiger partial charge is 0.493 e. The Bertz CT molecular complexity index is 1250. The molecule has 1 saturated heterocycles. The van der Waals surface area contributed by atoms with E-state index >= 15 is 0 Å². The molecule has 2 aromatic heterocycles. The van der Waals surface area contributed by atoms with Crippen molar-refractivity contribution in [2.75, 3.05) is 52.4 Å². The molecule has 0 radical (unpaired) electrons. The molecule has 1 aliphatic carbocycles. The topological polar surface area (TPSA) is 103 Å². The number of carbonyl (C=O) groups excluding carboxylic acids is 1. The van der Waals surface area contributed by atoms with E-state index in [-0.39, 0.29) is 5.91 Å². The van der Waals surface area contributed by atoms with E-state index in [1.165, 1.54) is 12.8 Å². The minimum Gasteiger partial charge on any atom is -0.493 e. The average molecular weight is 520 g/mol. The van der Waals surface area contributed by atoms with Crippen LogP contribution in [-0.2, 0) is 4.79 Å². The fourth-order valence-corrected chi connectivity index (χ4v) is 5.02. The Morgan fingerprint density at radius 1 is 1.00 bits per heavy atom. The molecule has 1 aromatic carbocycles. The molecule has 0 N–H and O–H groups in total. The highest BCUT2D eigenvalue weighted by atomic mass is 16.5. The number of rotatable bonds is 8. The minimum absolute atomic E-state index is 0.0446. The summed E-state index contributed by atoms with van der Waals surface area (Å²) in [6.45, 7) is 2.61. The van der Waals surface area contributed by atoms with Gasteiger partial charge in [-0.05, 0) is 48.7 Å². The van der Waals surface area contributed by atoms with Crippen LogP contribution < -0.4 is 19.1 Å². The van der Waals surface area contributed by atoms with Crippen molar-refractivity contribution in [3.8, 4) is 28.6 Å². The average Bonchev–Trinajstić information content (AvgIpc) is 3.68. The molecule has 0 spiro atoms. The standard InChI is InChI=1S/C28H33N5O5/c1-35-22-16-19(17-23(36-2)26(22)37-3)8-11-25(34)33-14-12-32(13-15-33)24-10-9-21(18-29-24)27-30-28(38-31-27)20-6-4-5-7-20/h8-11,16-18,20H,4-7,12-15H2,1-3H3/b11-8-. The summed E-state index contributed by atoms with van der Waals surface area (Å²) < 4.78 is 21.7. The number of nitrogens with zero attached hydrogens (tertiary/aromatic N) is 5. The van der Waals surface area contributed by atoms with Gasteiger partial charge in [0.15, 0.2) is 11.5 Å². The molecule has 0 unspecified atom stereocenters. The van der Waals surface area contributed by atoms with E-state index in [0.29, 0.717) is 55.2 Å². The van der Waals surface area contributed by atoms with Gasteiger partial charge in [0.25, 0.3) is 0 Å². The van der Waals surface area contributed by atoms with Crippen LogP contribution >= 0.6 is 0 Å². The highest BCUT2D eigenvalue weighted by Gasteiger charge is 2.24. The zero-order chi connectivity index (χ0) is 26.5. The molecule has 2 fully saturated rings. The lowest BCUT2D eigenvalue weighted by molar-refractivity contribution is -0.126. The van der Waals surface area contributed by atoms with E-state index in [9.17, 15) is 4.79 Å². The summed E-state index contributed by atoms with van der Waals surface area (Å²) in [4.78, 5) is 26.1. The van der Waals surface area contributed by atoms with E-state index < -0.39 is 0 Å². The summed E-state index contributed by atoms with van der Waals surface area (Å²) in [6.07, 6.45) is 9.81. The summed E-state index contributed by atoms with van der Waals surface area (Å²) in [5.74, 6) is 4.13. The number of anilines is 1. The van der Waals surface area contributed by atoms with E-state index in [1.807, 2.05) is 29.2 Å². The first-order valence-electron chi connectivity index (χ1n) is 12.9. The zero-order valence-corrected chi connectivity index (χ0v) is 22.1. The number of carbonyl (C=O) groups is 1. The van der Waals surface area contributed by atoms with Crippen molar-refractivity contribution < 1.29 is 23.5 Å². The second kappa shape index (κ2) is 11.5. The molecule has 3 aromatic rings. The molecule has 10 nitrogen and oxygen atoms in total. The van der Waals surface area contributed by atoms with Crippen molar-refractivity contribution in [3.63, 3.8) is 0 Å². The van der Waals surface area contributed by atoms with Crippen LogP contribution in [0.2, 0.25) is 0 Å². The Morgan fingerprint density at radius 3 is 2.32 bits per heavy atom. The van der Waals surface area contributed by atoms with Gasteiger partial charge >= 0.3 is 0 Å². The van der Waals surface area contributed by atoms with Gasteiger partial charge in [0, 0.05) is 49.9 Å². The predicted octanol–water partition coefficient (Wildman–Crippen LogP) is 4.18. The zero-order valence-electron chi connectivity index (χ0n) is 22.1. The molecule has 1 aliphatic heterocycles. The summed E-state index contributed by atoms with van der Waals surface area (Å²) in [5, 5.41) is 4.16. The van der Waals surface area contributed by atoms with Crippen LogP contribution in [0.5, 0.6) is 17.2 Å². The number of amides is 1. The molecular formula is C28H33N5O5. The number of methoxy groups -OCH3 is 3. The molecule has 10 heteroatoms. The third-order valence-corrected chi connectivity index (χ3v) is 7.17. The first-order chi connectivity index (χ1) is 18.6. The van der Waals surface area contributed by atoms with Gasteiger partial charge in [0.05, 0.1) is 21.3 Å². The van der Waals surface area contributed by atoms with E-state index in [1.54, 1.807) is 39.7 Å². The summed E-state index contributed by atoms with van der Waals surface area (Å²) >= 11 is 0. The van der Waals surface area contributed by atoms with Gasteiger partial charge in [0.1, 0.15) is 5.82 Å². The first kappa shape index (κ1) is 25.6. The number of aromatic nitrogens is 3.